The van der Waals surface area contributed by atoms with Gasteiger partial charge in [0, 0.05) is 35.8 Å². The minimum atomic E-state index is 0. The first-order chi connectivity index (χ1) is 11.1. The van der Waals surface area contributed by atoms with Gasteiger partial charge in [0.1, 0.15) is 0 Å². The third kappa shape index (κ3) is 7.11. The van der Waals surface area contributed by atoms with E-state index >= 15 is 0 Å². The van der Waals surface area contributed by atoms with Crippen molar-refractivity contribution < 1.29 is 4.74 Å². The summed E-state index contributed by atoms with van der Waals surface area (Å²) >= 11 is 4.15. The van der Waals surface area contributed by atoms with Gasteiger partial charge >= 0.3 is 0 Å². The highest BCUT2D eigenvalue weighted by Crippen LogP contribution is 2.38. The zero-order chi connectivity index (χ0) is 16.6. The van der Waals surface area contributed by atoms with Crippen LogP contribution in [0.3, 0.4) is 0 Å². The van der Waals surface area contributed by atoms with Crippen LogP contribution in [0.2, 0.25) is 0 Å². The molecule has 0 spiro atoms. The molecular weight excluding hydrogens is 453 g/mol. The Labute approximate surface area is 173 Å². The number of aliphatic imine (C=N–C) groups is 1. The van der Waals surface area contributed by atoms with E-state index in [-0.39, 0.29) is 24.0 Å². The van der Waals surface area contributed by atoms with Crippen molar-refractivity contribution in [2.24, 2.45) is 4.99 Å². The molecule has 2 N–H and O–H groups in total. The molecular formula is C17H34IN3OS2. The number of thioether (sulfide) groups is 2. The fraction of sp³-hybridized carbons (Fsp3) is 0.941. The number of hydrogen-bond donors (Lipinski definition) is 2. The van der Waals surface area contributed by atoms with E-state index in [1.54, 1.807) is 0 Å². The average Bonchev–Trinajstić information content (AvgIpc) is 2.98. The van der Waals surface area contributed by atoms with Gasteiger partial charge in [-0.2, -0.15) is 23.5 Å². The molecule has 2 aliphatic rings. The maximum Gasteiger partial charge on any atom is 0.191 e. The Morgan fingerprint density at radius 2 is 1.96 bits per heavy atom. The third-order valence-electron chi connectivity index (χ3n) is 4.65. The van der Waals surface area contributed by atoms with Crippen LogP contribution in [0.15, 0.2) is 4.99 Å². The fourth-order valence-corrected chi connectivity index (χ4v) is 5.68. The van der Waals surface area contributed by atoms with Crippen molar-refractivity contribution in [3.8, 4) is 0 Å². The van der Waals surface area contributed by atoms with Gasteiger partial charge in [0.25, 0.3) is 0 Å². The monoisotopic (exact) mass is 487 g/mol. The summed E-state index contributed by atoms with van der Waals surface area (Å²) in [5.41, 5.74) is 0. The Morgan fingerprint density at radius 1 is 1.21 bits per heavy atom. The van der Waals surface area contributed by atoms with Gasteiger partial charge in [0.05, 0.1) is 6.54 Å². The first-order valence-electron chi connectivity index (χ1n) is 8.99. The molecule has 0 bridgehead atoms. The van der Waals surface area contributed by atoms with Crippen molar-refractivity contribution in [3.63, 3.8) is 0 Å². The molecule has 0 radical (unpaired) electrons. The van der Waals surface area contributed by atoms with Gasteiger partial charge in [0.15, 0.2) is 5.96 Å². The zero-order valence-electron chi connectivity index (χ0n) is 15.4. The molecule has 0 aliphatic carbocycles. The summed E-state index contributed by atoms with van der Waals surface area (Å²) in [4.78, 5) is 4.88. The van der Waals surface area contributed by atoms with Gasteiger partial charge in [-0.05, 0) is 51.0 Å². The summed E-state index contributed by atoms with van der Waals surface area (Å²) < 4.78 is 6.19. The molecule has 2 saturated heterocycles. The fourth-order valence-electron chi connectivity index (χ4n) is 3.22. The summed E-state index contributed by atoms with van der Waals surface area (Å²) in [5.74, 6) is 3.42. The molecule has 0 amide bonds. The molecule has 0 aromatic carbocycles. The second-order valence-electron chi connectivity index (χ2n) is 6.68. The van der Waals surface area contributed by atoms with Gasteiger partial charge < -0.3 is 15.4 Å². The summed E-state index contributed by atoms with van der Waals surface area (Å²) in [6, 6.07) is 0. The number of rotatable bonds is 7. The molecule has 2 rings (SSSR count). The number of ether oxygens (including phenoxy) is 1. The van der Waals surface area contributed by atoms with E-state index in [2.05, 4.69) is 54.9 Å². The van der Waals surface area contributed by atoms with E-state index < -0.39 is 0 Å². The lowest BCUT2D eigenvalue weighted by Gasteiger charge is -2.37. The van der Waals surface area contributed by atoms with Crippen LogP contribution in [0.5, 0.6) is 0 Å². The van der Waals surface area contributed by atoms with Gasteiger partial charge in [-0.3, -0.25) is 4.99 Å². The molecule has 7 heteroatoms. The van der Waals surface area contributed by atoms with E-state index in [1.807, 2.05) is 0 Å². The largest absolute Gasteiger partial charge is 0.381 e. The number of halogens is 1. The Balaban J connectivity index is 0.00000288. The van der Waals surface area contributed by atoms with E-state index in [9.17, 15) is 0 Å². The smallest absolute Gasteiger partial charge is 0.191 e. The SMILES string of the molecule is CCNC(=NCC1(C)CCCS1)NCC1(SCC)CCOCC1.I. The number of guanidine groups is 1. The molecule has 0 saturated carbocycles. The topological polar surface area (TPSA) is 45.7 Å². The van der Waals surface area contributed by atoms with Crippen LogP contribution in [-0.4, -0.2) is 59.8 Å². The highest BCUT2D eigenvalue weighted by molar-refractivity contribution is 14.0. The van der Waals surface area contributed by atoms with Crippen molar-refractivity contribution >= 4 is 53.5 Å². The molecule has 2 aliphatic heterocycles. The average molecular weight is 488 g/mol. The minimum Gasteiger partial charge on any atom is -0.381 e. The molecule has 142 valence electrons. The molecule has 0 aromatic heterocycles. The predicted octanol–water partition coefficient (Wildman–Crippen LogP) is 3.75. The van der Waals surface area contributed by atoms with Crippen molar-refractivity contribution in [1.29, 1.82) is 0 Å². The summed E-state index contributed by atoms with van der Waals surface area (Å²) in [6.07, 6.45) is 4.88. The summed E-state index contributed by atoms with van der Waals surface area (Å²) in [6.45, 7) is 11.3. The summed E-state index contributed by atoms with van der Waals surface area (Å²) in [7, 11) is 0. The molecule has 1 atom stereocenters. The molecule has 2 fully saturated rings. The lowest BCUT2D eigenvalue weighted by atomic mass is 9.99. The minimum absolute atomic E-state index is 0. The van der Waals surface area contributed by atoms with Crippen molar-refractivity contribution in [2.75, 3.05) is 44.4 Å². The van der Waals surface area contributed by atoms with Gasteiger partial charge in [-0.1, -0.05) is 6.92 Å². The molecule has 2 heterocycles. The Hall–Kier alpha value is 0.660. The van der Waals surface area contributed by atoms with Crippen LogP contribution in [-0.2, 0) is 4.74 Å². The number of nitrogens with zero attached hydrogens (tertiary/aromatic N) is 1. The van der Waals surface area contributed by atoms with Gasteiger partial charge in [-0.15, -0.1) is 24.0 Å². The quantitative estimate of drug-likeness (QED) is 0.326. The third-order valence-corrected chi connectivity index (χ3v) is 7.63. The van der Waals surface area contributed by atoms with Crippen molar-refractivity contribution in [1.82, 2.24) is 10.6 Å². The van der Waals surface area contributed by atoms with Crippen LogP contribution in [0.4, 0.5) is 0 Å². The molecule has 4 nitrogen and oxygen atoms in total. The number of hydrogen-bond acceptors (Lipinski definition) is 4. The van der Waals surface area contributed by atoms with Crippen LogP contribution in [0.1, 0.15) is 46.5 Å². The van der Waals surface area contributed by atoms with Crippen molar-refractivity contribution in [2.45, 2.75) is 55.9 Å². The predicted molar refractivity (Wildman–Crippen MR) is 120 cm³/mol. The van der Waals surface area contributed by atoms with E-state index in [0.717, 1.165) is 57.4 Å². The van der Waals surface area contributed by atoms with Crippen LogP contribution >= 0.6 is 47.5 Å². The maximum absolute atomic E-state index is 5.56. The Kier molecular flexibility index (Phi) is 10.8. The Bertz CT molecular complexity index is 379. The molecule has 0 aromatic rings. The van der Waals surface area contributed by atoms with Gasteiger partial charge in [0.2, 0.25) is 0 Å². The molecule has 24 heavy (non-hydrogen) atoms. The Morgan fingerprint density at radius 3 is 2.54 bits per heavy atom. The molecule has 1 unspecified atom stereocenters. The second kappa shape index (κ2) is 11.4. The lowest BCUT2D eigenvalue weighted by Crippen LogP contribution is -2.48. The van der Waals surface area contributed by atoms with Crippen molar-refractivity contribution in [3.05, 3.63) is 0 Å². The summed E-state index contributed by atoms with van der Waals surface area (Å²) in [5, 5.41) is 7.02. The highest BCUT2D eigenvalue weighted by Gasteiger charge is 2.33. The second-order valence-corrected chi connectivity index (χ2v) is 10.1. The van der Waals surface area contributed by atoms with Crippen LogP contribution in [0, 0.1) is 0 Å². The van der Waals surface area contributed by atoms with E-state index in [0.29, 0.717) is 9.49 Å². The van der Waals surface area contributed by atoms with Crippen LogP contribution < -0.4 is 10.6 Å². The van der Waals surface area contributed by atoms with Crippen LogP contribution in [0.25, 0.3) is 0 Å². The van der Waals surface area contributed by atoms with Gasteiger partial charge in [-0.25, -0.2) is 0 Å². The normalized spacial score (nSPS) is 26.7. The standard InChI is InChI=1S/C17H33N3OS2.HI/c1-4-18-15(19-13-16(3)7-6-12-23-16)20-14-17(22-5-2)8-10-21-11-9-17;/h4-14H2,1-3H3,(H2,18,19,20);1H. The zero-order valence-corrected chi connectivity index (χ0v) is 19.3. The number of nitrogens with one attached hydrogen (secondary N) is 2. The van der Waals surface area contributed by atoms with E-state index in [1.165, 1.54) is 18.6 Å². The highest BCUT2D eigenvalue weighted by atomic mass is 127. The first kappa shape index (κ1) is 22.7. The lowest BCUT2D eigenvalue weighted by molar-refractivity contribution is 0.0782. The maximum atomic E-state index is 5.56. The van der Waals surface area contributed by atoms with E-state index in [4.69, 9.17) is 9.73 Å². The first-order valence-corrected chi connectivity index (χ1v) is 11.0.